The maximum Gasteiger partial charge on any atom is 0.306 e. The fourth-order valence-electron chi connectivity index (χ4n) is 5.95. The van der Waals surface area contributed by atoms with Crippen LogP contribution in [0.1, 0.15) is 44.9 Å². The zero-order chi connectivity index (χ0) is 16.8. The van der Waals surface area contributed by atoms with Gasteiger partial charge >= 0.3 is 5.97 Å². The second kappa shape index (κ2) is 6.27. The van der Waals surface area contributed by atoms with Crippen molar-refractivity contribution in [2.45, 2.75) is 49.3 Å². The number of esters is 1. The Bertz CT molecular complexity index is 517. The first-order valence-corrected chi connectivity index (χ1v) is 9.95. The van der Waals surface area contributed by atoms with E-state index in [0.717, 1.165) is 31.1 Å². The molecular formula is C18H26BrNO4. The standard InChI is InChI=1S/C18H26BrNO4/c19-18-8-13-5-14(9-18)7-17(6-13,12-18)10-16(22)24-11-15(21)20-1-3-23-4-2-20/h13-14H,1-12H2/t13-,14-,17?,18?/m0/s1. The highest BCUT2D eigenvalue weighted by Gasteiger charge is 2.57. The molecule has 6 heteroatoms. The number of nitrogens with zero attached hydrogens (tertiary/aromatic N) is 1. The van der Waals surface area contributed by atoms with Crippen LogP contribution in [0.15, 0.2) is 0 Å². The van der Waals surface area contributed by atoms with Crippen LogP contribution in [0.5, 0.6) is 0 Å². The van der Waals surface area contributed by atoms with Crippen LogP contribution in [-0.4, -0.2) is 54.0 Å². The normalized spacial score (nSPS) is 40.6. The molecule has 1 heterocycles. The van der Waals surface area contributed by atoms with Crippen molar-refractivity contribution in [3.63, 3.8) is 0 Å². The van der Waals surface area contributed by atoms with E-state index in [1.54, 1.807) is 4.90 Å². The molecule has 0 spiro atoms. The van der Waals surface area contributed by atoms with Crippen LogP contribution >= 0.6 is 15.9 Å². The first-order chi connectivity index (χ1) is 11.5. The number of alkyl halides is 1. The van der Waals surface area contributed by atoms with E-state index < -0.39 is 0 Å². The van der Waals surface area contributed by atoms with Gasteiger partial charge in [-0.2, -0.15) is 0 Å². The van der Waals surface area contributed by atoms with Crippen LogP contribution < -0.4 is 0 Å². The highest BCUT2D eigenvalue weighted by atomic mass is 79.9. The van der Waals surface area contributed by atoms with Crippen molar-refractivity contribution in [1.29, 1.82) is 0 Å². The van der Waals surface area contributed by atoms with Crippen LogP contribution in [0, 0.1) is 17.3 Å². The lowest BCUT2D eigenvalue weighted by Gasteiger charge is -2.60. The third kappa shape index (κ3) is 3.36. The topological polar surface area (TPSA) is 55.8 Å². The minimum atomic E-state index is -0.199. The van der Waals surface area contributed by atoms with Crippen LogP contribution in [0.2, 0.25) is 0 Å². The monoisotopic (exact) mass is 399 g/mol. The average molecular weight is 400 g/mol. The largest absolute Gasteiger partial charge is 0.456 e. The highest BCUT2D eigenvalue weighted by molar-refractivity contribution is 9.10. The van der Waals surface area contributed by atoms with Crippen LogP contribution in [0.4, 0.5) is 0 Å². The molecule has 134 valence electrons. The molecule has 0 N–H and O–H groups in total. The first kappa shape index (κ1) is 16.8. The summed E-state index contributed by atoms with van der Waals surface area (Å²) < 4.78 is 10.8. The van der Waals surface area contributed by atoms with Crippen molar-refractivity contribution in [3.8, 4) is 0 Å². The van der Waals surface area contributed by atoms with E-state index >= 15 is 0 Å². The third-order valence-corrected chi connectivity index (χ3v) is 7.28. The van der Waals surface area contributed by atoms with Crippen molar-refractivity contribution in [1.82, 2.24) is 4.90 Å². The molecule has 0 aromatic heterocycles. The maximum atomic E-state index is 12.4. The van der Waals surface area contributed by atoms with Crippen LogP contribution in [0.3, 0.4) is 0 Å². The summed E-state index contributed by atoms with van der Waals surface area (Å²) in [6.07, 6.45) is 7.72. The molecule has 2 atom stereocenters. The molecule has 5 nitrogen and oxygen atoms in total. The van der Waals surface area contributed by atoms with Gasteiger partial charge in [0.05, 0.1) is 19.6 Å². The van der Waals surface area contributed by atoms with E-state index in [0.29, 0.717) is 32.7 Å². The number of carbonyl (C=O) groups excluding carboxylic acids is 2. The van der Waals surface area contributed by atoms with Gasteiger partial charge in [0.25, 0.3) is 5.91 Å². The molecule has 24 heavy (non-hydrogen) atoms. The zero-order valence-electron chi connectivity index (χ0n) is 14.1. The van der Waals surface area contributed by atoms with Gasteiger partial charge < -0.3 is 14.4 Å². The molecule has 0 radical (unpaired) electrons. The number of hydrogen-bond acceptors (Lipinski definition) is 4. The number of rotatable bonds is 4. The maximum absolute atomic E-state index is 12.4. The zero-order valence-corrected chi connectivity index (χ0v) is 15.7. The van der Waals surface area contributed by atoms with Gasteiger partial charge in [0.15, 0.2) is 6.61 Å². The Hall–Kier alpha value is -0.620. The van der Waals surface area contributed by atoms with Crippen molar-refractivity contribution < 1.29 is 19.1 Å². The average Bonchev–Trinajstić information content (AvgIpc) is 2.50. The summed E-state index contributed by atoms with van der Waals surface area (Å²) in [6, 6.07) is 0. The second-order valence-electron chi connectivity index (χ2n) is 8.44. The number of amides is 1. The van der Waals surface area contributed by atoms with Gasteiger partial charge in [-0.1, -0.05) is 15.9 Å². The van der Waals surface area contributed by atoms with Gasteiger partial charge in [-0.05, 0) is 55.8 Å². The molecule has 1 amide bonds. The molecule has 5 aliphatic rings. The lowest BCUT2D eigenvalue weighted by molar-refractivity contribution is -0.158. The lowest BCUT2D eigenvalue weighted by atomic mass is 9.49. The van der Waals surface area contributed by atoms with E-state index in [9.17, 15) is 9.59 Å². The molecule has 5 rings (SSSR count). The van der Waals surface area contributed by atoms with Gasteiger partial charge in [0, 0.05) is 17.4 Å². The molecule has 1 saturated heterocycles. The minimum Gasteiger partial charge on any atom is -0.456 e. The van der Waals surface area contributed by atoms with E-state index in [1.807, 2.05) is 0 Å². The molecule has 1 aliphatic heterocycles. The summed E-state index contributed by atoms with van der Waals surface area (Å²) in [5.41, 5.74) is 0.104. The van der Waals surface area contributed by atoms with Crippen LogP contribution in [-0.2, 0) is 19.1 Å². The number of halogens is 1. The summed E-state index contributed by atoms with van der Waals surface area (Å²) in [4.78, 5) is 26.2. The van der Waals surface area contributed by atoms with Gasteiger partial charge in [0.2, 0.25) is 0 Å². The summed E-state index contributed by atoms with van der Waals surface area (Å²) >= 11 is 3.97. The van der Waals surface area contributed by atoms with Crippen molar-refractivity contribution in [2.24, 2.45) is 17.3 Å². The Labute approximate surface area is 151 Å². The molecule has 0 aromatic carbocycles. The fraction of sp³-hybridized carbons (Fsp3) is 0.889. The summed E-state index contributed by atoms with van der Waals surface area (Å²) in [6.45, 7) is 2.20. The van der Waals surface area contributed by atoms with Crippen LogP contribution in [0.25, 0.3) is 0 Å². The van der Waals surface area contributed by atoms with E-state index in [1.165, 1.54) is 19.3 Å². The Morgan fingerprint density at radius 1 is 1.12 bits per heavy atom. The van der Waals surface area contributed by atoms with Crippen molar-refractivity contribution in [3.05, 3.63) is 0 Å². The van der Waals surface area contributed by atoms with E-state index in [-0.39, 0.29) is 28.2 Å². The SMILES string of the molecule is O=C(CC12C[C@@H]3C[C@H](CC(Br)(C3)C1)C2)OCC(=O)N1CCOCC1. The first-order valence-electron chi connectivity index (χ1n) is 9.15. The van der Waals surface area contributed by atoms with Gasteiger partial charge in [-0.25, -0.2) is 0 Å². The molecule has 4 saturated carbocycles. The fourth-order valence-corrected chi connectivity index (χ4v) is 7.46. The molecule has 0 unspecified atom stereocenters. The van der Waals surface area contributed by atoms with Crippen molar-refractivity contribution in [2.75, 3.05) is 32.9 Å². The van der Waals surface area contributed by atoms with E-state index in [4.69, 9.17) is 9.47 Å². The summed E-state index contributed by atoms with van der Waals surface area (Å²) in [7, 11) is 0. The van der Waals surface area contributed by atoms with Gasteiger partial charge in [-0.15, -0.1) is 0 Å². The molecule has 4 aliphatic carbocycles. The predicted octanol–water partition coefficient (Wildman–Crippen LogP) is 2.51. The minimum absolute atomic E-state index is 0.103. The molecule has 0 aromatic rings. The molecular weight excluding hydrogens is 374 g/mol. The Morgan fingerprint density at radius 3 is 2.42 bits per heavy atom. The summed E-state index contributed by atoms with van der Waals surface area (Å²) in [5, 5.41) is 0. The van der Waals surface area contributed by atoms with Gasteiger partial charge in [-0.3, -0.25) is 9.59 Å². The number of hydrogen-bond donors (Lipinski definition) is 0. The Morgan fingerprint density at radius 2 is 1.79 bits per heavy atom. The number of morpholine rings is 1. The summed E-state index contributed by atoms with van der Waals surface area (Å²) in [5.74, 6) is 1.21. The van der Waals surface area contributed by atoms with Crippen molar-refractivity contribution >= 4 is 27.8 Å². The molecule has 5 fully saturated rings. The van der Waals surface area contributed by atoms with E-state index in [2.05, 4.69) is 15.9 Å². The predicted molar refractivity (Wildman–Crippen MR) is 91.7 cm³/mol. The second-order valence-corrected chi connectivity index (χ2v) is 10.1. The Kier molecular flexibility index (Phi) is 4.40. The van der Waals surface area contributed by atoms with Gasteiger partial charge in [0.1, 0.15) is 0 Å². The Balaban J connectivity index is 1.31. The smallest absolute Gasteiger partial charge is 0.306 e. The lowest BCUT2D eigenvalue weighted by Crippen LogP contribution is -2.53. The number of ether oxygens (including phenoxy) is 2. The highest BCUT2D eigenvalue weighted by Crippen LogP contribution is 2.65. The quantitative estimate of drug-likeness (QED) is 0.538. The number of carbonyl (C=O) groups is 2. The molecule has 4 bridgehead atoms. The third-order valence-electron chi connectivity index (χ3n) is 6.35.